The fourth-order valence-corrected chi connectivity index (χ4v) is 6.40. The van der Waals surface area contributed by atoms with E-state index >= 15 is 0 Å². The largest absolute Gasteiger partial charge is 0.743 e. The Morgan fingerprint density at radius 1 is 1.20 bits per heavy atom. The van der Waals surface area contributed by atoms with Gasteiger partial charge in [0.2, 0.25) is 0 Å². The highest BCUT2D eigenvalue weighted by atomic mass is 32.2. The molecular weight excluding hydrogens is 425 g/mol. The molecule has 0 aromatic rings. The van der Waals surface area contributed by atoms with Crippen molar-refractivity contribution in [3.63, 3.8) is 0 Å². The molecule has 5 unspecified atom stereocenters. The predicted octanol–water partition coefficient (Wildman–Crippen LogP) is 3.94. The third-order valence-electron chi connectivity index (χ3n) is 6.61. The molecule has 0 radical (unpaired) electrons. The van der Waals surface area contributed by atoms with E-state index in [2.05, 4.69) is 0 Å². The molecule has 5 atom stereocenters. The number of rotatable bonds is 7. The van der Waals surface area contributed by atoms with Gasteiger partial charge in [0.05, 0.1) is 23.2 Å². The highest BCUT2D eigenvalue weighted by Gasteiger charge is 2.60. The van der Waals surface area contributed by atoms with Gasteiger partial charge in [-0.05, 0) is 77.6 Å². The Bertz CT molecular complexity index is 780. The summed E-state index contributed by atoms with van der Waals surface area (Å²) in [6.45, 7) is 5.20. The summed E-state index contributed by atoms with van der Waals surface area (Å²) in [6, 6.07) is 0. The number of carbonyl (C=O) groups excluding carboxylic acids is 1. The molecule has 0 heterocycles. The monoisotopic (exact) mass is 455 g/mol. The molecule has 0 aliphatic heterocycles. The third kappa shape index (κ3) is 4.65. The molecule has 6 nitrogen and oxygen atoms in total. The third-order valence-corrected chi connectivity index (χ3v) is 7.54. The highest BCUT2D eigenvalue weighted by molar-refractivity contribution is 7.86. The molecule has 174 valence electrons. The Morgan fingerprint density at radius 3 is 2.43 bits per heavy atom. The molecule has 0 saturated heterocycles. The van der Waals surface area contributed by atoms with E-state index in [1.54, 1.807) is 0 Å². The quantitative estimate of drug-likeness (QED) is 0.426. The minimum Gasteiger partial charge on any atom is -0.743 e. The topological polar surface area (TPSA) is 92.7 Å². The van der Waals surface area contributed by atoms with Gasteiger partial charge in [0, 0.05) is 6.42 Å². The Hall–Kier alpha value is -0.870. The van der Waals surface area contributed by atoms with E-state index in [9.17, 15) is 30.9 Å². The van der Waals surface area contributed by atoms with Crippen LogP contribution in [0.25, 0.3) is 0 Å². The first-order valence-electron chi connectivity index (χ1n) is 10.4. The standard InChI is InChI=1S/C20H31F3O6S/c1-17(2,3)29-19-6-4-13-8-14(11-19)10-18(9-13,12-19)16(24)28-7-5-15(21)20(22,23)30(25,26)27/h13-15H,4-12H2,1-3H3,(H,25,26,27)/p-1. The maximum atomic E-state index is 13.7. The van der Waals surface area contributed by atoms with Crippen molar-refractivity contribution in [1.29, 1.82) is 0 Å². The lowest BCUT2D eigenvalue weighted by Crippen LogP contribution is -2.53. The Kier molecular flexibility index (Phi) is 6.04. The van der Waals surface area contributed by atoms with Gasteiger partial charge in [0.15, 0.2) is 16.3 Å². The number of carbonyl (C=O) groups is 1. The summed E-state index contributed by atoms with van der Waals surface area (Å²) in [5, 5.41) is -5.05. The van der Waals surface area contributed by atoms with Crippen LogP contribution in [-0.4, -0.2) is 48.2 Å². The van der Waals surface area contributed by atoms with Crippen molar-refractivity contribution in [2.75, 3.05) is 6.61 Å². The van der Waals surface area contributed by atoms with Gasteiger partial charge in [-0.3, -0.25) is 4.79 Å². The van der Waals surface area contributed by atoms with Crippen LogP contribution in [0.5, 0.6) is 0 Å². The van der Waals surface area contributed by atoms with Crippen LogP contribution < -0.4 is 0 Å². The number of fused-ring (bicyclic) bond motifs is 1. The van der Waals surface area contributed by atoms with Crippen molar-refractivity contribution in [2.24, 2.45) is 17.3 Å². The SMILES string of the molecule is CC(C)(C)OC12CCC3CC(C1)CC(C(=O)OCCC(F)C(F)(F)S(=O)(=O)[O-])(C3)C2. The minimum absolute atomic E-state index is 0.304. The molecule has 4 aliphatic rings. The van der Waals surface area contributed by atoms with E-state index in [-0.39, 0.29) is 0 Å². The normalized spacial score (nSPS) is 35.2. The summed E-state index contributed by atoms with van der Waals surface area (Å²) < 4.78 is 83.5. The molecule has 30 heavy (non-hydrogen) atoms. The fraction of sp³-hybridized carbons (Fsp3) is 0.950. The zero-order valence-corrected chi connectivity index (χ0v) is 18.4. The van der Waals surface area contributed by atoms with Gasteiger partial charge in [-0.2, -0.15) is 8.78 Å². The average Bonchev–Trinajstić information content (AvgIpc) is 2.74. The van der Waals surface area contributed by atoms with E-state index in [1.165, 1.54) is 0 Å². The second kappa shape index (κ2) is 7.62. The molecule has 0 spiro atoms. The zero-order chi connectivity index (χ0) is 22.6. The number of alkyl halides is 3. The van der Waals surface area contributed by atoms with E-state index in [4.69, 9.17) is 9.47 Å². The van der Waals surface area contributed by atoms with Crippen LogP contribution in [0, 0.1) is 17.3 Å². The first kappa shape index (κ1) is 23.8. The van der Waals surface area contributed by atoms with Crippen molar-refractivity contribution in [3.05, 3.63) is 0 Å². The van der Waals surface area contributed by atoms with Gasteiger partial charge in [0.1, 0.15) is 0 Å². The van der Waals surface area contributed by atoms with Gasteiger partial charge >= 0.3 is 11.2 Å². The number of ether oxygens (including phenoxy) is 2. The summed E-state index contributed by atoms with van der Waals surface area (Å²) in [5.41, 5.74) is -1.64. The number of esters is 1. The lowest BCUT2D eigenvalue weighted by molar-refractivity contribution is -0.198. The first-order valence-corrected chi connectivity index (χ1v) is 11.8. The van der Waals surface area contributed by atoms with Crippen molar-refractivity contribution in [2.45, 2.75) is 94.8 Å². The molecule has 4 bridgehead atoms. The van der Waals surface area contributed by atoms with Crippen LogP contribution in [0.4, 0.5) is 13.2 Å². The lowest BCUT2D eigenvalue weighted by Gasteiger charge is -2.52. The van der Waals surface area contributed by atoms with Crippen molar-refractivity contribution in [3.8, 4) is 0 Å². The number of halogens is 3. The van der Waals surface area contributed by atoms with Crippen LogP contribution >= 0.6 is 0 Å². The van der Waals surface area contributed by atoms with E-state index in [0.29, 0.717) is 31.1 Å². The molecule has 0 amide bonds. The number of hydrogen-bond acceptors (Lipinski definition) is 6. The van der Waals surface area contributed by atoms with Crippen LogP contribution in [0.15, 0.2) is 0 Å². The smallest absolute Gasteiger partial charge is 0.364 e. The van der Waals surface area contributed by atoms with E-state index in [1.807, 2.05) is 20.8 Å². The molecule has 4 saturated carbocycles. The maximum Gasteiger partial charge on any atom is 0.364 e. The van der Waals surface area contributed by atoms with Gasteiger partial charge in [-0.15, -0.1) is 0 Å². The molecule has 0 aromatic carbocycles. The predicted molar refractivity (Wildman–Crippen MR) is 100 cm³/mol. The molecular formula is C20H30F3O6S-. The lowest BCUT2D eigenvalue weighted by atomic mass is 9.57. The minimum atomic E-state index is -6.13. The second-order valence-corrected chi connectivity index (χ2v) is 11.8. The molecule has 4 fully saturated rings. The van der Waals surface area contributed by atoms with Crippen LogP contribution in [0.3, 0.4) is 0 Å². The van der Waals surface area contributed by atoms with Gasteiger partial charge in [0.25, 0.3) is 0 Å². The van der Waals surface area contributed by atoms with Gasteiger partial charge in [-0.1, -0.05) is 0 Å². The Balaban J connectivity index is 1.69. The summed E-state index contributed by atoms with van der Waals surface area (Å²) >= 11 is 0. The van der Waals surface area contributed by atoms with Crippen LogP contribution in [0.1, 0.15) is 72.1 Å². The van der Waals surface area contributed by atoms with Crippen molar-refractivity contribution < 1.29 is 40.4 Å². The zero-order valence-electron chi connectivity index (χ0n) is 17.6. The van der Waals surface area contributed by atoms with E-state index in [0.717, 1.165) is 25.7 Å². The second-order valence-electron chi connectivity index (χ2n) is 10.4. The maximum absolute atomic E-state index is 13.7. The number of hydrogen-bond donors (Lipinski definition) is 0. The van der Waals surface area contributed by atoms with E-state index < -0.39 is 57.2 Å². The highest BCUT2D eigenvalue weighted by Crippen LogP contribution is 2.61. The summed E-state index contributed by atoms with van der Waals surface area (Å²) in [4.78, 5) is 13.0. The van der Waals surface area contributed by atoms with Gasteiger partial charge < -0.3 is 14.0 Å². The summed E-state index contributed by atoms with van der Waals surface area (Å²) in [7, 11) is -6.13. The average molecular weight is 456 g/mol. The van der Waals surface area contributed by atoms with Gasteiger partial charge in [-0.25, -0.2) is 12.8 Å². The summed E-state index contributed by atoms with van der Waals surface area (Å²) in [6.07, 6.45) is 1.12. The summed E-state index contributed by atoms with van der Waals surface area (Å²) in [5.74, 6) is 0.0908. The van der Waals surface area contributed by atoms with Crippen molar-refractivity contribution in [1.82, 2.24) is 0 Å². The van der Waals surface area contributed by atoms with Crippen LogP contribution in [0.2, 0.25) is 0 Å². The molecule has 4 rings (SSSR count). The molecule has 4 aliphatic carbocycles. The Labute approximate surface area is 175 Å². The van der Waals surface area contributed by atoms with Crippen molar-refractivity contribution >= 4 is 16.1 Å². The Morgan fingerprint density at radius 2 is 1.83 bits per heavy atom. The molecule has 0 aromatic heterocycles. The first-order chi connectivity index (χ1) is 13.6. The fourth-order valence-electron chi connectivity index (χ4n) is 5.97. The molecule has 0 N–H and O–H groups in total. The van der Waals surface area contributed by atoms with Crippen LogP contribution in [-0.2, 0) is 24.4 Å². The molecule has 10 heteroatoms.